The largest absolute Gasteiger partial charge is 0.494 e. The number of para-hydroxylation sites is 1. The third kappa shape index (κ3) is 4.58. The van der Waals surface area contributed by atoms with Crippen molar-refractivity contribution in [3.63, 3.8) is 0 Å². The standard InChI is InChI=1S/C25H29N3O3/c1-25(2,3)18-9-11-19(12-10-18)31-14-6-13-28-23(29)22(27-24(28)30)15-17-16-26-21-8-5-4-7-20(17)21/h4-5,7-12,16,22,26H,6,13-15H2,1-3H3,(H,27,30). The molecule has 1 atom stereocenters. The van der Waals surface area contributed by atoms with E-state index in [0.29, 0.717) is 26.0 Å². The van der Waals surface area contributed by atoms with Gasteiger partial charge in [0.2, 0.25) is 0 Å². The maximum absolute atomic E-state index is 12.8. The molecule has 6 heteroatoms. The summed E-state index contributed by atoms with van der Waals surface area (Å²) in [6, 6.07) is 15.2. The van der Waals surface area contributed by atoms with Gasteiger partial charge in [-0.3, -0.25) is 9.69 Å². The molecule has 0 spiro atoms. The molecule has 0 bridgehead atoms. The summed E-state index contributed by atoms with van der Waals surface area (Å²) in [4.78, 5) is 29.6. The Morgan fingerprint density at radius 1 is 1.03 bits per heavy atom. The molecule has 0 radical (unpaired) electrons. The van der Waals surface area contributed by atoms with E-state index in [1.165, 1.54) is 10.5 Å². The van der Waals surface area contributed by atoms with Crippen LogP contribution in [0.25, 0.3) is 10.9 Å². The molecule has 0 saturated carbocycles. The number of carbonyl (C=O) groups excluding carboxylic acids is 2. The van der Waals surface area contributed by atoms with Crippen molar-refractivity contribution in [2.45, 2.75) is 45.1 Å². The topological polar surface area (TPSA) is 74.4 Å². The number of aromatic nitrogens is 1. The molecule has 4 rings (SSSR count). The molecule has 2 N–H and O–H groups in total. The van der Waals surface area contributed by atoms with E-state index in [0.717, 1.165) is 22.2 Å². The first-order chi connectivity index (χ1) is 14.8. The highest BCUT2D eigenvalue weighted by molar-refractivity contribution is 6.04. The zero-order valence-electron chi connectivity index (χ0n) is 18.3. The van der Waals surface area contributed by atoms with Crippen LogP contribution in [0.5, 0.6) is 5.75 Å². The molecule has 1 aliphatic rings. The van der Waals surface area contributed by atoms with Gasteiger partial charge in [-0.05, 0) is 41.2 Å². The molecular weight excluding hydrogens is 390 g/mol. The van der Waals surface area contributed by atoms with Crippen LogP contribution in [0.2, 0.25) is 0 Å². The molecule has 0 aliphatic carbocycles. The molecule has 31 heavy (non-hydrogen) atoms. The van der Waals surface area contributed by atoms with E-state index in [-0.39, 0.29) is 17.4 Å². The Morgan fingerprint density at radius 3 is 2.52 bits per heavy atom. The highest BCUT2D eigenvalue weighted by Crippen LogP contribution is 2.24. The molecule has 1 saturated heterocycles. The van der Waals surface area contributed by atoms with Crippen LogP contribution in [0, 0.1) is 0 Å². The predicted octanol–water partition coefficient (Wildman–Crippen LogP) is 4.40. The Kier molecular flexibility index (Phi) is 5.72. The van der Waals surface area contributed by atoms with Crippen LogP contribution in [-0.2, 0) is 16.6 Å². The first-order valence-corrected chi connectivity index (χ1v) is 10.7. The number of carbonyl (C=O) groups is 2. The third-order valence-electron chi connectivity index (χ3n) is 5.72. The van der Waals surface area contributed by atoms with Crippen LogP contribution in [0.1, 0.15) is 38.3 Å². The summed E-state index contributed by atoms with van der Waals surface area (Å²) in [6.45, 7) is 7.31. The van der Waals surface area contributed by atoms with Crippen molar-refractivity contribution in [1.29, 1.82) is 0 Å². The van der Waals surface area contributed by atoms with Gasteiger partial charge < -0.3 is 15.0 Å². The highest BCUT2D eigenvalue weighted by Gasteiger charge is 2.37. The van der Waals surface area contributed by atoms with Gasteiger partial charge in [0, 0.05) is 30.1 Å². The normalized spacial score (nSPS) is 16.7. The van der Waals surface area contributed by atoms with Crippen molar-refractivity contribution in [3.05, 3.63) is 65.9 Å². The zero-order chi connectivity index (χ0) is 22.0. The van der Waals surface area contributed by atoms with E-state index in [4.69, 9.17) is 4.74 Å². The summed E-state index contributed by atoms with van der Waals surface area (Å²) >= 11 is 0. The van der Waals surface area contributed by atoms with Gasteiger partial charge in [0.25, 0.3) is 5.91 Å². The average Bonchev–Trinajstić information content (AvgIpc) is 3.26. The Labute approximate surface area is 182 Å². The number of rotatable bonds is 7. The molecular formula is C25H29N3O3. The maximum Gasteiger partial charge on any atom is 0.324 e. The van der Waals surface area contributed by atoms with E-state index in [1.54, 1.807) is 0 Å². The van der Waals surface area contributed by atoms with Gasteiger partial charge in [0.05, 0.1) is 6.61 Å². The molecule has 2 heterocycles. The lowest BCUT2D eigenvalue weighted by Crippen LogP contribution is -2.33. The Bertz CT molecular complexity index is 1080. The number of benzene rings is 2. The number of urea groups is 1. The van der Waals surface area contributed by atoms with Gasteiger partial charge in [-0.15, -0.1) is 0 Å². The minimum atomic E-state index is -0.530. The summed E-state index contributed by atoms with van der Waals surface area (Å²) in [5.74, 6) is 0.618. The maximum atomic E-state index is 12.8. The van der Waals surface area contributed by atoms with Gasteiger partial charge in [0.1, 0.15) is 11.8 Å². The quantitative estimate of drug-likeness (QED) is 0.440. The number of nitrogens with one attached hydrogen (secondary N) is 2. The second kappa shape index (κ2) is 8.46. The Hall–Kier alpha value is -3.28. The Balaban J connectivity index is 1.28. The van der Waals surface area contributed by atoms with E-state index in [1.807, 2.05) is 42.6 Å². The molecule has 1 unspecified atom stereocenters. The van der Waals surface area contributed by atoms with E-state index >= 15 is 0 Å². The van der Waals surface area contributed by atoms with Crippen molar-refractivity contribution in [2.24, 2.45) is 0 Å². The summed E-state index contributed by atoms with van der Waals surface area (Å²) < 4.78 is 5.79. The fraction of sp³-hybridized carbons (Fsp3) is 0.360. The van der Waals surface area contributed by atoms with Crippen molar-refractivity contribution in [2.75, 3.05) is 13.2 Å². The second-order valence-corrected chi connectivity index (χ2v) is 9.03. The van der Waals surface area contributed by atoms with E-state index < -0.39 is 6.04 Å². The summed E-state index contributed by atoms with van der Waals surface area (Å²) in [6.07, 6.45) is 2.97. The molecule has 3 aromatic rings. The number of hydrogen-bond acceptors (Lipinski definition) is 3. The average molecular weight is 420 g/mol. The van der Waals surface area contributed by atoms with Crippen LogP contribution in [0.15, 0.2) is 54.7 Å². The molecule has 2 aromatic carbocycles. The predicted molar refractivity (Wildman–Crippen MR) is 121 cm³/mol. The second-order valence-electron chi connectivity index (χ2n) is 9.03. The minimum Gasteiger partial charge on any atom is -0.494 e. The van der Waals surface area contributed by atoms with Gasteiger partial charge in [-0.2, -0.15) is 0 Å². The SMILES string of the molecule is CC(C)(C)c1ccc(OCCCN2C(=O)NC(Cc3c[nH]c4ccccc34)C2=O)cc1. The number of ether oxygens (including phenoxy) is 1. The van der Waals surface area contributed by atoms with Crippen molar-refractivity contribution in [1.82, 2.24) is 15.2 Å². The number of hydrogen-bond donors (Lipinski definition) is 2. The molecule has 6 nitrogen and oxygen atoms in total. The smallest absolute Gasteiger partial charge is 0.324 e. The Morgan fingerprint density at radius 2 is 1.77 bits per heavy atom. The highest BCUT2D eigenvalue weighted by atomic mass is 16.5. The number of aromatic amines is 1. The lowest BCUT2D eigenvalue weighted by Gasteiger charge is -2.19. The molecule has 1 aliphatic heterocycles. The van der Waals surface area contributed by atoms with Crippen LogP contribution in [-0.4, -0.2) is 41.0 Å². The van der Waals surface area contributed by atoms with Crippen LogP contribution < -0.4 is 10.1 Å². The van der Waals surface area contributed by atoms with E-state index in [9.17, 15) is 9.59 Å². The summed E-state index contributed by atoms with van der Waals surface area (Å²) in [7, 11) is 0. The fourth-order valence-corrected chi connectivity index (χ4v) is 3.91. The van der Waals surface area contributed by atoms with Crippen LogP contribution in [0.3, 0.4) is 0 Å². The first-order valence-electron chi connectivity index (χ1n) is 10.7. The molecule has 162 valence electrons. The van der Waals surface area contributed by atoms with Crippen molar-refractivity contribution >= 4 is 22.8 Å². The van der Waals surface area contributed by atoms with Gasteiger partial charge in [-0.1, -0.05) is 51.1 Å². The lowest BCUT2D eigenvalue weighted by atomic mass is 9.87. The minimum absolute atomic E-state index is 0.102. The number of H-pyrrole nitrogens is 1. The monoisotopic (exact) mass is 419 g/mol. The summed E-state index contributed by atoms with van der Waals surface area (Å²) in [5.41, 5.74) is 3.41. The van der Waals surface area contributed by atoms with Crippen LogP contribution in [0.4, 0.5) is 4.79 Å². The van der Waals surface area contributed by atoms with Crippen LogP contribution >= 0.6 is 0 Å². The molecule has 1 aromatic heterocycles. The molecule has 3 amide bonds. The number of amides is 3. The molecule has 1 fully saturated rings. The first kappa shape index (κ1) is 21.0. The van der Waals surface area contributed by atoms with Crippen molar-refractivity contribution < 1.29 is 14.3 Å². The van der Waals surface area contributed by atoms with Gasteiger partial charge in [-0.25, -0.2) is 4.79 Å². The van der Waals surface area contributed by atoms with E-state index in [2.05, 4.69) is 43.2 Å². The summed E-state index contributed by atoms with van der Waals surface area (Å²) in [5, 5.41) is 3.90. The number of nitrogens with zero attached hydrogens (tertiary/aromatic N) is 1. The number of fused-ring (bicyclic) bond motifs is 1. The number of imide groups is 1. The zero-order valence-corrected chi connectivity index (χ0v) is 18.3. The van der Waals surface area contributed by atoms with Gasteiger partial charge in [0.15, 0.2) is 0 Å². The van der Waals surface area contributed by atoms with Crippen molar-refractivity contribution in [3.8, 4) is 5.75 Å². The van der Waals surface area contributed by atoms with Gasteiger partial charge >= 0.3 is 6.03 Å². The lowest BCUT2D eigenvalue weighted by molar-refractivity contribution is -0.127. The third-order valence-corrected chi connectivity index (χ3v) is 5.72. The fourth-order valence-electron chi connectivity index (χ4n) is 3.91.